The van der Waals surface area contributed by atoms with E-state index in [-0.39, 0.29) is 17.4 Å². The molecule has 4 rings (SSSR count). The molecule has 0 saturated heterocycles. The Kier molecular flexibility index (Phi) is 2.08. The van der Waals surface area contributed by atoms with E-state index in [9.17, 15) is 18.7 Å². The van der Waals surface area contributed by atoms with Gasteiger partial charge in [-0.1, -0.05) is 0 Å². The lowest BCUT2D eigenvalue weighted by atomic mass is 10.1. The van der Waals surface area contributed by atoms with Gasteiger partial charge in [-0.3, -0.25) is 0 Å². The molecule has 5 nitrogen and oxygen atoms in total. The first kappa shape index (κ1) is 11.5. The predicted molar refractivity (Wildman–Crippen MR) is 62.8 cm³/mol. The summed E-state index contributed by atoms with van der Waals surface area (Å²) < 4.78 is 28.0. The molecule has 1 fully saturated rings. The van der Waals surface area contributed by atoms with E-state index in [0.29, 0.717) is 23.6 Å². The highest BCUT2D eigenvalue weighted by atomic mass is 19.1. The van der Waals surface area contributed by atoms with Crippen LogP contribution in [-0.4, -0.2) is 25.8 Å². The van der Waals surface area contributed by atoms with Crippen LogP contribution in [0.15, 0.2) is 12.3 Å². The van der Waals surface area contributed by atoms with Crippen LogP contribution in [0, 0.1) is 17.6 Å². The van der Waals surface area contributed by atoms with Crippen LogP contribution in [0.5, 0.6) is 0 Å². The number of pyridine rings is 1. The largest absolute Gasteiger partial charge is 0.476 e. The monoisotopic (exact) mass is 277 g/mol. The van der Waals surface area contributed by atoms with Crippen LogP contribution >= 0.6 is 0 Å². The van der Waals surface area contributed by atoms with Crippen molar-refractivity contribution in [3.8, 4) is 5.82 Å². The summed E-state index contributed by atoms with van der Waals surface area (Å²) in [7, 11) is 0. The first-order valence-corrected chi connectivity index (χ1v) is 6.22. The van der Waals surface area contributed by atoms with Crippen molar-refractivity contribution in [3.05, 3.63) is 40.8 Å². The van der Waals surface area contributed by atoms with E-state index in [1.54, 1.807) is 0 Å². The minimum Gasteiger partial charge on any atom is -0.476 e. The van der Waals surface area contributed by atoms with Crippen molar-refractivity contribution in [1.82, 2.24) is 14.8 Å². The first-order chi connectivity index (χ1) is 9.56. The van der Waals surface area contributed by atoms with Crippen molar-refractivity contribution in [3.63, 3.8) is 0 Å². The number of aromatic nitrogens is 3. The molecule has 2 heterocycles. The van der Waals surface area contributed by atoms with Gasteiger partial charge < -0.3 is 5.11 Å². The lowest BCUT2D eigenvalue weighted by Gasteiger charge is -2.06. The quantitative estimate of drug-likeness (QED) is 0.910. The number of carboxylic acids is 1. The Bertz CT molecular complexity index is 756. The number of halogens is 2. The average molecular weight is 277 g/mol. The molecular weight excluding hydrogens is 268 g/mol. The van der Waals surface area contributed by atoms with Gasteiger partial charge in [0.25, 0.3) is 0 Å². The molecule has 102 valence electrons. The van der Waals surface area contributed by atoms with Crippen LogP contribution in [-0.2, 0) is 6.42 Å². The number of hydrogen-bond donors (Lipinski definition) is 1. The van der Waals surface area contributed by atoms with Crippen LogP contribution in [0.4, 0.5) is 8.78 Å². The number of carboxylic acid groups (broad SMARTS) is 1. The maximum Gasteiger partial charge on any atom is 0.356 e. The highest BCUT2D eigenvalue weighted by molar-refractivity contribution is 5.88. The third-order valence-electron chi connectivity index (χ3n) is 3.95. The number of carbonyl (C=O) groups is 1. The van der Waals surface area contributed by atoms with E-state index in [2.05, 4.69) is 10.1 Å². The zero-order valence-electron chi connectivity index (χ0n) is 10.2. The van der Waals surface area contributed by atoms with E-state index in [4.69, 9.17) is 0 Å². The van der Waals surface area contributed by atoms with Gasteiger partial charge in [0.15, 0.2) is 17.3 Å². The minimum atomic E-state index is -1.14. The smallest absolute Gasteiger partial charge is 0.356 e. The fourth-order valence-electron chi connectivity index (χ4n) is 3.01. The minimum absolute atomic E-state index is 0.0577. The second kappa shape index (κ2) is 3.62. The molecule has 0 aliphatic heterocycles. The molecule has 2 atom stereocenters. The van der Waals surface area contributed by atoms with Crippen LogP contribution in [0.25, 0.3) is 5.82 Å². The average Bonchev–Trinajstić information content (AvgIpc) is 2.89. The molecule has 7 heteroatoms. The lowest BCUT2D eigenvalue weighted by Crippen LogP contribution is -2.08. The molecule has 2 aliphatic carbocycles. The predicted octanol–water partition coefficient (Wildman–Crippen LogP) is 1.90. The number of nitrogens with zero attached hydrogens (tertiary/aromatic N) is 3. The Morgan fingerprint density at radius 1 is 1.45 bits per heavy atom. The summed E-state index contributed by atoms with van der Waals surface area (Å²) in [5.74, 6) is -2.27. The number of rotatable bonds is 2. The van der Waals surface area contributed by atoms with Crippen LogP contribution in [0.3, 0.4) is 0 Å². The normalized spacial score (nSPS) is 22.5. The molecule has 20 heavy (non-hydrogen) atoms. The maximum absolute atomic E-state index is 13.8. The Morgan fingerprint density at radius 3 is 2.95 bits per heavy atom. The van der Waals surface area contributed by atoms with E-state index in [1.807, 2.05) is 0 Å². The van der Waals surface area contributed by atoms with Gasteiger partial charge >= 0.3 is 5.97 Å². The Hall–Kier alpha value is -2.31. The van der Waals surface area contributed by atoms with Crippen molar-refractivity contribution < 1.29 is 18.7 Å². The summed E-state index contributed by atoms with van der Waals surface area (Å²) in [5, 5.41) is 13.1. The molecule has 0 radical (unpaired) electrons. The fraction of sp³-hybridized carbons (Fsp3) is 0.308. The van der Waals surface area contributed by atoms with Gasteiger partial charge in [-0.2, -0.15) is 5.10 Å². The molecule has 1 saturated carbocycles. The van der Waals surface area contributed by atoms with Gasteiger partial charge in [0.05, 0.1) is 11.9 Å². The molecule has 2 aromatic heterocycles. The van der Waals surface area contributed by atoms with E-state index >= 15 is 0 Å². The highest BCUT2D eigenvalue weighted by Gasteiger charge is 2.50. The van der Waals surface area contributed by atoms with Crippen molar-refractivity contribution in [2.75, 3.05) is 0 Å². The van der Waals surface area contributed by atoms with Crippen molar-refractivity contribution in [2.45, 2.75) is 18.8 Å². The molecule has 1 N–H and O–H groups in total. The molecule has 2 aliphatic rings. The number of fused-ring (bicyclic) bond motifs is 3. The summed E-state index contributed by atoms with van der Waals surface area (Å²) in [6.07, 6.45) is 2.51. The van der Waals surface area contributed by atoms with E-state index < -0.39 is 17.6 Å². The standard InChI is InChI=1S/C13H9F2N3O2/c14-6-3-9(15)12(16-4-6)18-11-7-1-5(7)2-8(11)10(17-18)13(19)20/h3-5,7H,1-2H2,(H,19,20)/t5-,7-/m1/s1. The summed E-state index contributed by atoms with van der Waals surface area (Å²) in [6, 6.07) is 0.718. The fourth-order valence-corrected chi connectivity index (χ4v) is 3.01. The Morgan fingerprint density at radius 2 is 2.25 bits per heavy atom. The van der Waals surface area contributed by atoms with Crippen LogP contribution in [0.2, 0.25) is 0 Å². The third-order valence-corrected chi connectivity index (χ3v) is 3.95. The molecule has 0 bridgehead atoms. The third kappa shape index (κ3) is 1.43. The molecule has 0 amide bonds. The van der Waals surface area contributed by atoms with Gasteiger partial charge in [-0.25, -0.2) is 23.2 Å². The van der Waals surface area contributed by atoms with E-state index in [0.717, 1.165) is 18.7 Å². The molecular formula is C13H9F2N3O2. The second-order valence-corrected chi connectivity index (χ2v) is 5.19. The van der Waals surface area contributed by atoms with Crippen LogP contribution < -0.4 is 0 Å². The Balaban J connectivity index is 1.94. The van der Waals surface area contributed by atoms with Crippen molar-refractivity contribution in [1.29, 1.82) is 0 Å². The van der Waals surface area contributed by atoms with Gasteiger partial charge in [-0.05, 0) is 18.8 Å². The van der Waals surface area contributed by atoms with Gasteiger partial charge in [0, 0.05) is 17.5 Å². The lowest BCUT2D eigenvalue weighted by molar-refractivity contribution is 0.0688. The number of hydrogen-bond acceptors (Lipinski definition) is 3. The van der Waals surface area contributed by atoms with Crippen molar-refractivity contribution >= 4 is 5.97 Å². The van der Waals surface area contributed by atoms with Crippen LogP contribution in [0.1, 0.15) is 34.1 Å². The zero-order chi connectivity index (χ0) is 14.0. The topological polar surface area (TPSA) is 68.0 Å². The van der Waals surface area contributed by atoms with Gasteiger partial charge in [0.1, 0.15) is 5.82 Å². The van der Waals surface area contributed by atoms with Gasteiger partial charge in [0.2, 0.25) is 0 Å². The van der Waals surface area contributed by atoms with Gasteiger partial charge in [-0.15, -0.1) is 0 Å². The molecule has 2 aromatic rings. The first-order valence-electron chi connectivity index (χ1n) is 6.22. The SMILES string of the molecule is O=C(O)c1nn(-c2ncc(F)cc2F)c2c1C[C@H]1C[C@@H]21. The van der Waals surface area contributed by atoms with E-state index in [1.165, 1.54) is 4.68 Å². The van der Waals surface area contributed by atoms with Crippen molar-refractivity contribution in [2.24, 2.45) is 5.92 Å². The molecule has 0 aromatic carbocycles. The summed E-state index contributed by atoms with van der Waals surface area (Å²) in [4.78, 5) is 14.9. The second-order valence-electron chi connectivity index (χ2n) is 5.19. The Labute approximate surface area is 111 Å². The highest BCUT2D eigenvalue weighted by Crippen LogP contribution is 2.57. The summed E-state index contributed by atoms with van der Waals surface area (Å²) in [5.41, 5.74) is 1.31. The number of aromatic carboxylic acids is 1. The zero-order valence-corrected chi connectivity index (χ0v) is 10.2. The summed E-state index contributed by atoms with van der Waals surface area (Å²) >= 11 is 0. The molecule has 0 spiro atoms. The summed E-state index contributed by atoms with van der Waals surface area (Å²) in [6.45, 7) is 0. The molecule has 0 unspecified atom stereocenters. The maximum atomic E-state index is 13.8.